The van der Waals surface area contributed by atoms with Crippen molar-refractivity contribution in [1.29, 1.82) is 0 Å². The van der Waals surface area contributed by atoms with E-state index in [1.54, 1.807) is 19.0 Å². The standard InChI is InChI=1S/C9H13F3N4O/c1-16(2)8-13-4-3-7(15-8)14-5-6(17)9(10,11)12/h3-4,6,17H,5H2,1-2H3,(H,13,14,15). The summed E-state index contributed by atoms with van der Waals surface area (Å²) in [4.78, 5) is 9.47. The van der Waals surface area contributed by atoms with Crippen molar-refractivity contribution in [3.63, 3.8) is 0 Å². The van der Waals surface area contributed by atoms with Crippen molar-refractivity contribution in [2.24, 2.45) is 0 Å². The van der Waals surface area contributed by atoms with Crippen LogP contribution >= 0.6 is 0 Å². The number of hydrogen-bond acceptors (Lipinski definition) is 5. The van der Waals surface area contributed by atoms with Crippen molar-refractivity contribution < 1.29 is 18.3 Å². The van der Waals surface area contributed by atoms with Crippen molar-refractivity contribution in [2.45, 2.75) is 12.3 Å². The highest BCUT2D eigenvalue weighted by Crippen LogP contribution is 2.20. The van der Waals surface area contributed by atoms with Crippen LogP contribution < -0.4 is 10.2 Å². The van der Waals surface area contributed by atoms with Crippen LogP contribution in [-0.2, 0) is 0 Å². The first-order chi connectivity index (χ1) is 7.80. The number of alkyl halides is 3. The molecule has 1 atom stereocenters. The number of anilines is 2. The monoisotopic (exact) mass is 250 g/mol. The number of aromatic nitrogens is 2. The highest BCUT2D eigenvalue weighted by atomic mass is 19.4. The number of hydrogen-bond donors (Lipinski definition) is 2. The Morgan fingerprint density at radius 3 is 2.65 bits per heavy atom. The van der Waals surface area contributed by atoms with Crippen LogP contribution in [0, 0.1) is 0 Å². The van der Waals surface area contributed by atoms with Gasteiger partial charge in [-0.25, -0.2) is 4.98 Å². The molecule has 1 unspecified atom stereocenters. The van der Waals surface area contributed by atoms with Crippen molar-refractivity contribution in [3.8, 4) is 0 Å². The maximum atomic E-state index is 12.0. The molecule has 96 valence electrons. The fraction of sp³-hybridized carbons (Fsp3) is 0.556. The molecule has 5 nitrogen and oxygen atoms in total. The van der Waals surface area contributed by atoms with Crippen molar-refractivity contribution in [3.05, 3.63) is 12.3 Å². The molecule has 0 aliphatic heterocycles. The molecule has 1 rings (SSSR count). The SMILES string of the molecule is CN(C)c1nccc(NCC(O)C(F)(F)F)n1. The molecular formula is C9H13F3N4O. The summed E-state index contributed by atoms with van der Waals surface area (Å²) in [6.07, 6.45) is -5.63. The van der Waals surface area contributed by atoms with Crippen LogP contribution in [-0.4, -0.2) is 48.0 Å². The van der Waals surface area contributed by atoms with Gasteiger partial charge < -0.3 is 15.3 Å². The molecule has 1 aromatic rings. The molecule has 0 bridgehead atoms. The zero-order valence-corrected chi connectivity index (χ0v) is 9.36. The quantitative estimate of drug-likeness (QED) is 0.830. The lowest BCUT2D eigenvalue weighted by Gasteiger charge is -2.16. The molecule has 0 fully saturated rings. The second-order valence-corrected chi connectivity index (χ2v) is 3.57. The lowest BCUT2D eigenvalue weighted by atomic mass is 10.3. The molecule has 0 amide bonds. The van der Waals surface area contributed by atoms with E-state index in [0.29, 0.717) is 5.95 Å². The Morgan fingerprint density at radius 2 is 2.12 bits per heavy atom. The van der Waals surface area contributed by atoms with Crippen molar-refractivity contribution >= 4 is 11.8 Å². The van der Waals surface area contributed by atoms with E-state index in [1.165, 1.54) is 12.3 Å². The third kappa shape index (κ3) is 4.06. The number of halogens is 3. The van der Waals surface area contributed by atoms with Crippen LogP contribution in [0.4, 0.5) is 24.9 Å². The molecule has 1 heterocycles. The molecule has 0 aliphatic rings. The third-order valence-corrected chi connectivity index (χ3v) is 1.90. The third-order valence-electron chi connectivity index (χ3n) is 1.90. The fourth-order valence-corrected chi connectivity index (χ4v) is 0.979. The highest BCUT2D eigenvalue weighted by Gasteiger charge is 2.37. The van der Waals surface area contributed by atoms with E-state index in [2.05, 4.69) is 15.3 Å². The molecule has 0 aliphatic carbocycles. The Labute approximate surface area is 96.3 Å². The minimum atomic E-state index is -4.63. The molecule has 0 aromatic carbocycles. The molecule has 0 saturated carbocycles. The lowest BCUT2D eigenvalue weighted by molar-refractivity contribution is -0.198. The second kappa shape index (κ2) is 5.17. The number of aliphatic hydroxyl groups excluding tert-OH is 1. The normalized spacial score (nSPS) is 13.3. The first-order valence-corrected chi connectivity index (χ1v) is 4.79. The van der Waals surface area contributed by atoms with Gasteiger partial charge in [-0.2, -0.15) is 18.2 Å². The first-order valence-electron chi connectivity index (χ1n) is 4.79. The Kier molecular flexibility index (Phi) is 4.11. The minimum Gasteiger partial charge on any atom is -0.382 e. The van der Waals surface area contributed by atoms with Gasteiger partial charge >= 0.3 is 6.18 Å². The van der Waals surface area contributed by atoms with Gasteiger partial charge in [0.15, 0.2) is 6.10 Å². The summed E-state index contributed by atoms with van der Waals surface area (Å²) in [6.45, 7) is -0.645. The average molecular weight is 250 g/mol. The Morgan fingerprint density at radius 1 is 1.47 bits per heavy atom. The van der Waals surface area contributed by atoms with Gasteiger partial charge in [0.2, 0.25) is 5.95 Å². The Bertz CT molecular complexity index is 370. The van der Waals surface area contributed by atoms with Crippen LogP contribution in [0.5, 0.6) is 0 Å². The second-order valence-electron chi connectivity index (χ2n) is 3.57. The number of aliphatic hydroxyl groups is 1. The summed E-state index contributed by atoms with van der Waals surface area (Å²) < 4.78 is 36.1. The Hall–Kier alpha value is -1.57. The van der Waals surface area contributed by atoms with E-state index in [9.17, 15) is 13.2 Å². The summed E-state index contributed by atoms with van der Waals surface area (Å²) in [6, 6.07) is 1.43. The summed E-state index contributed by atoms with van der Waals surface area (Å²) in [7, 11) is 3.42. The van der Waals surface area contributed by atoms with Crippen molar-refractivity contribution in [1.82, 2.24) is 9.97 Å². The van der Waals surface area contributed by atoms with Gasteiger partial charge in [0.05, 0.1) is 6.54 Å². The molecule has 1 aromatic heterocycles. The van der Waals surface area contributed by atoms with Crippen LogP contribution in [0.1, 0.15) is 0 Å². The predicted molar refractivity (Wildman–Crippen MR) is 56.9 cm³/mol. The molecule has 17 heavy (non-hydrogen) atoms. The van der Waals surface area contributed by atoms with E-state index >= 15 is 0 Å². The summed E-state index contributed by atoms with van der Waals surface area (Å²) in [5.41, 5.74) is 0. The molecule has 0 spiro atoms. The largest absolute Gasteiger partial charge is 0.416 e. The number of rotatable bonds is 4. The summed E-state index contributed by atoms with van der Waals surface area (Å²) in [5, 5.41) is 11.2. The number of nitrogens with one attached hydrogen (secondary N) is 1. The molecule has 2 N–H and O–H groups in total. The minimum absolute atomic E-state index is 0.229. The smallest absolute Gasteiger partial charge is 0.382 e. The zero-order valence-electron chi connectivity index (χ0n) is 9.36. The molecule has 8 heteroatoms. The first kappa shape index (κ1) is 13.5. The molecule has 0 radical (unpaired) electrons. The zero-order chi connectivity index (χ0) is 13.1. The van der Waals surface area contributed by atoms with E-state index in [1.807, 2.05) is 0 Å². The maximum Gasteiger partial charge on any atom is 0.416 e. The van der Waals surface area contributed by atoms with Crippen LogP contribution in [0.2, 0.25) is 0 Å². The summed E-state index contributed by atoms with van der Waals surface area (Å²) in [5.74, 6) is 0.600. The van der Waals surface area contributed by atoms with Crippen molar-refractivity contribution in [2.75, 3.05) is 30.9 Å². The van der Waals surface area contributed by atoms with Crippen LogP contribution in [0.15, 0.2) is 12.3 Å². The van der Waals surface area contributed by atoms with Gasteiger partial charge in [-0.1, -0.05) is 0 Å². The van der Waals surface area contributed by atoms with E-state index in [0.717, 1.165) is 0 Å². The van der Waals surface area contributed by atoms with E-state index in [-0.39, 0.29) is 5.82 Å². The van der Waals surface area contributed by atoms with E-state index < -0.39 is 18.8 Å². The predicted octanol–water partition coefficient (Wildman–Crippen LogP) is 0.878. The van der Waals surface area contributed by atoms with Gasteiger partial charge in [-0.15, -0.1) is 0 Å². The maximum absolute atomic E-state index is 12.0. The molecule has 0 saturated heterocycles. The van der Waals surface area contributed by atoms with Gasteiger partial charge in [-0.3, -0.25) is 0 Å². The Balaban J connectivity index is 2.61. The van der Waals surface area contributed by atoms with Crippen LogP contribution in [0.25, 0.3) is 0 Å². The van der Waals surface area contributed by atoms with Gasteiger partial charge in [-0.05, 0) is 6.07 Å². The lowest BCUT2D eigenvalue weighted by Crippen LogP contribution is -2.35. The van der Waals surface area contributed by atoms with Gasteiger partial charge in [0, 0.05) is 20.3 Å². The summed E-state index contributed by atoms with van der Waals surface area (Å²) >= 11 is 0. The van der Waals surface area contributed by atoms with Gasteiger partial charge in [0.25, 0.3) is 0 Å². The number of nitrogens with zero attached hydrogens (tertiary/aromatic N) is 3. The van der Waals surface area contributed by atoms with Gasteiger partial charge in [0.1, 0.15) is 5.82 Å². The highest BCUT2D eigenvalue weighted by molar-refractivity contribution is 5.40. The average Bonchev–Trinajstić information content (AvgIpc) is 2.25. The fourth-order valence-electron chi connectivity index (χ4n) is 0.979. The topological polar surface area (TPSA) is 61.3 Å². The molecular weight excluding hydrogens is 237 g/mol. The van der Waals surface area contributed by atoms with Crippen LogP contribution in [0.3, 0.4) is 0 Å². The van der Waals surface area contributed by atoms with E-state index in [4.69, 9.17) is 5.11 Å².